The molecule has 0 aliphatic heterocycles. The molecule has 0 aliphatic rings. The van der Waals surface area contributed by atoms with Crippen LogP contribution in [-0.4, -0.2) is 16.5 Å². The number of Topliss-reactive ketones (excluding diaryl/α,β-unsaturated/α-hetero) is 1. The molecule has 0 atom stereocenters. The van der Waals surface area contributed by atoms with Gasteiger partial charge in [0.2, 0.25) is 0 Å². The summed E-state index contributed by atoms with van der Waals surface area (Å²) in [4.78, 5) is 24.7. The Bertz CT molecular complexity index is 1130. The Kier molecular flexibility index (Phi) is 4.38. The van der Waals surface area contributed by atoms with E-state index < -0.39 is 0 Å². The number of ketones is 1. The van der Waals surface area contributed by atoms with Gasteiger partial charge in [0.05, 0.1) is 11.9 Å². The fourth-order valence-corrected chi connectivity index (χ4v) is 3.41. The van der Waals surface area contributed by atoms with Crippen LogP contribution in [0.1, 0.15) is 26.4 Å². The smallest absolute Gasteiger partial charge is 0.168 e. The number of benzene rings is 2. The van der Waals surface area contributed by atoms with Gasteiger partial charge in [-0.15, -0.1) is 0 Å². The molecule has 132 valence electrons. The number of halogens is 1. The number of carbonyl (C=O) groups is 2. The van der Waals surface area contributed by atoms with E-state index in [4.69, 9.17) is 0 Å². The fourth-order valence-electron chi connectivity index (χ4n) is 3.41. The van der Waals surface area contributed by atoms with Crippen LogP contribution in [0.15, 0.2) is 79.0 Å². The Morgan fingerprint density at radius 2 is 1.63 bits per heavy atom. The van der Waals surface area contributed by atoms with Crippen LogP contribution in [0.4, 0.5) is 4.39 Å². The second kappa shape index (κ2) is 7.00. The molecule has 0 bridgehead atoms. The number of hydrogen-bond acceptors (Lipinski definition) is 2. The lowest BCUT2D eigenvalue weighted by Gasteiger charge is -2.07. The maximum Gasteiger partial charge on any atom is 0.168 e. The number of nitrogens with zero attached hydrogens (tertiary/aromatic N) is 1. The third-order valence-electron chi connectivity index (χ3n) is 4.66. The predicted octanol–water partition coefficient (Wildman–Crippen LogP) is 4.98. The molecule has 0 amide bonds. The molecule has 4 heteroatoms. The SMILES string of the molecule is O=Cc1c(-c2ccccc2)c(CC(=O)c2ccc(F)cc2)n2ccccc12. The van der Waals surface area contributed by atoms with E-state index in [0.717, 1.165) is 28.6 Å². The highest BCUT2D eigenvalue weighted by Gasteiger charge is 2.21. The molecule has 0 spiro atoms. The standard InChI is InChI=1S/C23H16FNO2/c24-18-11-9-16(10-12-18)22(27)14-21-23(17-6-2-1-3-7-17)19(15-26)20-8-4-5-13-25(20)21/h1-13,15H,14H2. The van der Waals surface area contributed by atoms with Gasteiger partial charge in [-0.1, -0.05) is 36.4 Å². The van der Waals surface area contributed by atoms with E-state index in [-0.39, 0.29) is 18.0 Å². The minimum atomic E-state index is -0.382. The molecule has 3 nitrogen and oxygen atoms in total. The first-order valence-corrected chi connectivity index (χ1v) is 8.60. The average Bonchev–Trinajstić information content (AvgIpc) is 3.02. The van der Waals surface area contributed by atoms with Crippen LogP contribution in [0.3, 0.4) is 0 Å². The molecular formula is C23H16FNO2. The summed E-state index contributed by atoms with van der Waals surface area (Å²) in [5.41, 5.74) is 4.14. The van der Waals surface area contributed by atoms with Crippen LogP contribution in [-0.2, 0) is 6.42 Å². The lowest BCUT2D eigenvalue weighted by Crippen LogP contribution is -2.07. The number of rotatable bonds is 5. The van der Waals surface area contributed by atoms with Gasteiger partial charge in [-0.2, -0.15) is 0 Å². The third kappa shape index (κ3) is 3.06. The van der Waals surface area contributed by atoms with Crippen molar-refractivity contribution >= 4 is 17.6 Å². The van der Waals surface area contributed by atoms with Crippen molar-refractivity contribution in [3.05, 3.63) is 102 Å². The molecule has 27 heavy (non-hydrogen) atoms. The van der Waals surface area contributed by atoms with Crippen LogP contribution in [0, 0.1) is 5.82 Å². The van der Waals surface area contributed by atoms with Crippen LogP contribution >= 0.6 is 0 Å². The van der Waals surface area contributed by atoms with Gasteiger partial charge in [0.25, 0.3) is 0 Å². The summed E-state index contributed by atoms with van der Waals surface area (Å²) in [6.45, 7) is 0. The van der Waals surface area contributed by atoms with Crippen molar-refractivity contribution in [2.24, 2.45) is 0 Å². The quantitative estimate of drug-likeness (QED) is 0.373. The maximum absolute atomic E-state index is 13.2. The lowest BCUT2D eigenvalue weighted by molar-refractivity contribution is 0.0991. The highest BCUT2D eigenvalue weighted by molar-refractivity contribution is 6.02. The van der Waals surface area contributed by atoms with E-state index >= 15 is 0 Å². The molecular weight excluding hydrogens is 341 g/mol. The Labute approximate surface area is 155 Å². The number of hydrogen-bond donors (Lipinski definition) is 0. The number of aromatic nitrogens is 1. The summed E-state index contributed by atoms with van der Waals surface area (Å²) in [6, 6.07) is 20.7. The minimum Gasteiger partial charge on any atom is -0.319 e. The third-order valence-corrected chi connectivity index (χ3v) is 4.66. The summed E-state index contributed by atoms with van der Waals surface area (Å²) in [5.74, 6) is -0.513. The van der Waals surface area contributed by atoms with E-state index in [1.54, 1.807) is 0 Å². The summed E-state index contributed by atoms with van der Waals surface area (Å²) in [5, 5.41) is 0. The Hall–Kier alpha value is -3.53. The molecule has 0 N–H and O–H groups in total. The van der Waals surface area contributed by atoms with Gasteiger partial charge in [-0.25, -0.2) is 4.39 Å². The summed E-state index contributed by atoms with van der Waals surface area (Å²) in [7, 11) is 0. The average molecular weight is 357 g/mol. The Balaban J connectivity index is 1.89. The molecule has 0 unspecified atom stereocenters. The molecule has 4 aromatic rings. The number of pyridine rings is 1. The monoisotopic (exact) mass is 357 g/mol. The Morgan fingerprint density at radius 1 is 0.926 bits per heavy atom. The summed E-state index contributed by atoms with van der Waals surface area (Å²) in [6.07, 6.45) is 2.79. The van der Waals surface area contributed by atoms with Crippen LogP contribution in [0.2, 0.25) is 0 Å². The van der Waals surface area contributed by atoms with Crippen molar-refractivity contribution in [3.8, 4) is 11.1 Å². The van der Waals surface area contributed by atoms with E-state index in [9.17, 15) is 14.0 Å². The second-order valence-electron chi connectivity index (χ2n) is 6.28. The number of aldehydes is 1. The van der Waals surface area contributed by atoms with Crippen molar-refractivity contribution < 1.29 is 14.0 Å². The maximum atomic E-state index is 13.2. The zero-order valence-corrected chi connectivity index (χ0v) is 14.4. The van der Waals surface area contributed by atoms with Gasteiger partial charge < -0.3 is 4.40 Å². The first-order chi connectivity index (χ1) is 13.2. The summed E-state index contributed by atoms with van der Waals surface area (Å²) >= 11 is 0. The van der Waals surface area contributed by atoms with Crippen LogP contribution in [0.5, 0.6) is 0 Å². The lowest BCUT2D eigenvalue weighted by atomic mass is 9.97. The summed E-state index contributed by atoms with van der Waals surface area (Å²) < 4.78 is 15.0. The molecule has 2 heterocycles. The van der Waals surface area contributed by atoms with Gasteiger partial charge in [0, 0.05) is 28.6 Å². The molecule has 0 saturated heterocycles. The van der Waals surface area contributed by atoms with Gasteiger partial charge in [0.1, 0.15) is 5.82 Å². The van der Waals surface area contributed by atoms with E-state index in [1.165, 1.54) is 24.3 Å². The topological polar surface area (TPSA) is 38.5 Å². The van der Waals surface area contributed by atoms with E-state index in [1.807, 2.05) is 59.1 Å². The highest BCUT2D eigenvalue weighted by atomic mass is 19.1. The number of carbonyl (C=O) groups excluding carboxylic acids is 2. The van der Waals surface area contributed by atoms with Crippen molar-refractivity contribution in [1.82, 2.24) is 4.40 Å². The van der Waals surface area contributed by atoms with Gasteiger partial charge in [0.15, 0.2) is 12.1 Å². The zero-order chi connectivity index (χ0) is 18.8. The fraction of sp³-hybridized carbons (Fsp3) is 0.0435. The molecule has 0 fully saturated rings. The first kappa shape index (κ1) is 16.9. The van der Waals surface area contributed by atoms with Gasteiger partial charge >= 0.3 is 0 Å². The predicted molar refractivity (Wildman–Crippen MR) is 103 cm³/mol. The van der Waals surface area contributed by atoms with Crippen LogP contribution in [0.25, 0.3) is 16.6 Å². The highest BCUT2D eigenvalue weighted by Crippen LogP contribution is 2.33. The number of fused-ring (bicyclic) bond motifs is 1. The Morgan fingerprint density at radius 3 is 2.33 bits per heavy atom. The van der Waals surface area contributed by atoms with Crippen molar-refractivity contribution in [1.29, 1.82) is 0 Å². The van der Waals surface area contributed by atoms with Gasteiger partial charge in [-0.3, -0.25) is 9.59 Å². The minimum absolute atomic E-state index is 0.106. The molecule has 0 aliphatic carbocycles. The molecule has 2 aromatic heterocycles. The molecule has 2 aromatic carbocycles. The molecule has 0 radical (unpaired) electrons. The largest absolute Gasteiger partial charge is 0.319 e. The first-order valence-electron chi connectivity index (χ1n) is 8.60. The normalized spacial score (nSPS) is 10.9. The van der Waals surface area contributed by atoms with Crippen molar-refractivity contribution in [2.45, 2.75) is 6.42 Å². The zero-order valence-electron chi connectivity index (χ0n) is 14.4. The second-order valence-corrected chi connectivity index (χ2v) is 6.28. The van der Waals surface area contributed by atoms with E-state index in [2.05, 4.69) is 0 Å². The van der Waals surface area contributed by atoms with Crippen molar-refractivity contribution in [3.63, 3.8) is 0 Å². The van der Waals surface area contributed by atoms with Gasteiger partial charge in [-0.05, 0) is 42.0 Å². The molecule has 4 rings (SSSR count). The van der Waals surface area contributed by atoms with Crippen molar-refractivity contribution in [2.75, 3.05) is 0 Å². The van der Waals surface area contributed by atoms with Crippen LogP contribution < -0.4 is 0 Å². The molecule has 0 saturated carbocycles. The van der Waals surface area contributed by atoms with E-state index in [0.29, 0.717) is 11.1 Å².